The number of nitrogens with zero attached hydrogens (tertiary/aromatic N) is 2. The Bertz CT molecular complexity index is 339. The van der Waals surface area contributed by atoms with Gasteiger partial charge in [-0.25, -0.2) is 4.98 Å². The first-order valence-electron chi connectivity index (χ1n) is 3.18. The predicted molar refractivity (Wildman–Crippen MR) is 53.3 cm³/mol. The fourth-order valence-electron chi connectivity index (χ4n) is 0.711. The molecule has 12 heavy (non-hydrogen) atoms. The zero-order valence-electron chi connectivity index (χ0n) is 6.00. The molecule has 0 saturated heterocycles. The van der Waals surface area contributed by atoms with Crippen LogP contribution in [0.4, 0.5) is 0 Å². The lowest BCUT2D eigenvalue weighted by Crippen LogP contribution is -2.24. The third-order valence-electron chi connectivity index (χ3n) is 1.28. The lowest BCUT2D eigenvalue weighted by atomic mass is 10.6. The third kappa shape index (κ3) is 1.96. The van der Waals surface area contributed by atoms with E-state index in [0.717, 1.165) is 0 Å². The minimum atomic E-state index is -0.218. The Morgan fingerprint density at radius 3 is 3.00 bits per heavy atom. The maximum Gasteiger partial charge on any atom is 0.268 e. The lowest BCUT2D eigenvalue weighted by molar-refractivity contribution is 0.273. The molecule has 0 amide bonds. The Kier molecular flexibility index (Phi) is 3.48. The Morgan fingerprint density at radius 2 is 2.42 bits per heavy atom. The van der Waals surface area contributed by atoms with Crippen LogP contribution in [0, 0.1) is 3.57 Å². The Morgan fingerprint density at radius 1 is 1.75 bits per heavy atom. The first-order chi connectivity index (χ1) is 5.66. The summed E-state index contributed by atoms with van der Waals surface area (Å²) in [5, 5.41) is 8.78. The SMILES string of the molecule is O=c1c(I)c(Cl)ncn1CCO. The normalized spacial score (nSPS) is 10.2. The predicted octanol–water partition coefficient (Wildman–Crippen LogP) is 0.494. The van der Waals surface area contributed by atoms with E-state index in [1.54, 1.807) is 0 Å². The molecular weight excluding hydrogens is 294 g/mol. The molecule has 0 atom stereocenters. The minimum Gasteiger partial charge on any atom is -0.395 e. The average molecular weight is 300 g/mol. The van der Waals surface area contributed by atoms with Gasteiger partial charge >= 0.3 is 0 Å². The molecule has 0 aliphatic rings. The van der Waals surface area contributed by atoms with Gasteiger partial charge in [0.15, 0.2) is 0 Å². The molecule has 0 unspecified atom stereocenters. The molecule has 66 valence electrons. The van der Waals surface area contributed by atoms with Gasteiger partial charge in [-0.05, 0) is 22.6 Å². The summed E-state index contributed by atoms with van der Waals surface area (Å²) in [4.78, 5) is 15.1. The van der Waals surface area contributed by atoms with E-state index in [4.69, 9.17) is 16.7 Å². The second kappa shape index (κ2) is 4.20. The van der Waals surface area contributed by atoms with Crippen molar-refractivity contribution in [3.05, 3.63) is 25.4 Å². The van der Waals surface area contributed by atoms with Crippen molar-refractivity contribution in [2.45, 2.75) is 6.54 Å². The Hall–Kier alpha value is -0.140. The van der Waals surface area contributed by atoms with Gasteiger partial charge in [0.25, 0.3) is 5.56 Å². The summed E-state index contributed by atoms with van der Waals surface area (Å²) < 4.78 is 1.69. The molecule has 1 aromatic heterocycles. The maximum atomic E-state index is 11.3. The van der Waals surface area contributed by atoms with E-state index < -0.39 is 0 Å². The van der Waals surface area contributed by atoms with Crippen LogP contribution in [0.1, 0.15) is 0 Å². The molecule has 0 spiro atoms. The first kappa shape index (κ1) is 9.94. The number of hydrogen-bond acceptors (Lipinski definition) is 3. The summed E-state index contributed by atoms with van der Waals surface area (Å²) >= 11 is 7.42. The number of aliphatic hydroxyl groups excluding tert-OH is 1. The number of aliphatic hydroxyl groups is 1. The number of halogens is 2. The minimum absolute atomic E-state index is 0.0840. The van der Waals surface area contributed by atoms with Crippen LogP contribution in [0.5, 0.6) is 0 Å². The molecule has 0 saturated carbocycles. The largest absolute Gasteiger partial charge is 0.395 e. The smallest absolute Gasteiger partial charge is 0.268 e. The van der Waals surface area contributed by atoms with E-state index in [9.17, 15) is 4.79 Å². The summed E-state index contributed by atoms with van der Waals surface area (Å²) in [6.45, 7) is 0.165. The van der Waals surface area contributed by atoms with Gasteiger partial charge in [0.05, 0.1) is 19.5 Å². The molecule has 0 aromatic carbocycles. The fraction of sp³-hybridized carbons (Fsp3) is 0.333. The molecule has 1 N–H and O–H groups in total. The van der Waals surface area contributed by atoms with Crippen LogP contribution < -0.4 is 5.56 Å². The number of hydrogen-bond donors (Lipinski definition) is 1. The Balaban J connectivity index is 3.18. The van der Waals surface area contributed by atoms with Crippen molar-refractivity contribution in [1.29, 1.82) is 0 Å². The van der Waals surface area contributed by atoms with Crippen LogP contribution in [0.3, 0.4) is 0 Å². The van der Waals surface area contributed by atoms with Gasteiger partial charge in [-0.2, -0.15) is 0 Å². The standard InChI is InChI=1S/C6H6ClIN2O2/c7-5-4(8)6(12)10(1-2-11)3-9-5/h3,11H,1-2H2. The van der Waals surface area contributed by atoms with Crippen molar-refractivity contribution in [3.8, 4) is 0 Å². The molecule has 1 rings (SSSR count). The molecular formula is C6H6ClIN2O2. The van der Waals surface area contributed by atoms with Gasteiger partial charge < -0.3 is 5.11 Å². The highest BCUT2D eigenvalue weighted by atomic mass is 127. The number of rotatable bonds is 2. The van der Waals surface area contributed by atoms with Crippen molar-refractivity contribution in [3.63, 3.8) is 0 Å². The van der Waals surface area contributed by atoms with Crippen molar-refractivity contribution < 1.29 is 5.11 Å². The molecule has 4 nitrogen and oxygen atoms in total. The first-order valence-corrected chi connectivity index (χ1v) is 4.63. The highest BCUT2D eigenvalue weighted by Crippen LogP contribution is 2.08. The van der Waals surface area contributed by atoms with Crippen molar-refractivity contribution in [2.24, 2.45) is 0 Å². The van der Waals surface area contributed by atoms with E-state index >= 15 is 0 Å². The quantitative estimate of drug-likeness (QED) is 0.639. The van der Waals surface area contributed by atoms with Crippen LogP contribution in [0.2, 0.25) is 5.15 Å². The maximum absolute atomic E-state index is 11.3. The molecule has 0 fully saturated rings. The van der Waals surface area contributed by atoms with Crippen LogP contribution in [-0.4, -0.2) is 21.3 Å². The molecule has 0 bridgehead atoms. The average Bonchev–Trinajstić information content (AvgIpc) is 2.07. The van der Waals surface area contributed by atoms with Crippen molar-refractivity contribution in [2.75, 3.05) is 6.61 Å². The van der Waals surface area contributed by atoms with Crippen LogP contribution >= 0.6 is 34.2 Å². The van der Waals surface area contributed by atoms with Gasteiger partial charge in [0, 0.05) is 0 Å². The van der Waals surface area contributed by atoms with E-state index in [1.165, 1.54) is 10.9 Å². The summed E-state index contributed by atoms with van der Waals surface area (Å²) in [5.41, 5.74) is -0.218. The van der Waals surface area contributed by atoms with Crippen molar-refractivity contribution >= 4 is 34.2 Å². The topological polar surface area (TPSA) is 55.1 Å². The molecule has 0 aliphatic carbocycles. The lowest BCUT2D eigenvalue weighted by Gasteiger charge is -2.02. The molecule has 1 aromatic rings. The second-order valence-corrected chi connectivity index (χ2v) is 3.51. The van der Waals surface area contributed by atoms with Crippen LogP contribution in [-0.2, 0) is 6.54 Å². The van der Waals surface area contributed by atoms with E-state index in [-0.39, 0.29) is 23.9 Å². The molecule has 0 radical (unpaired) electrons. The van der Waals surface area contributed by atoms with E-state index in [0.29, 0.717) is 3.57 Å². The summed E-state index contributed by atoms with van der Waals surface area (Å²) in [7, 11) is 0. The Labute approximate surface area is 87.3 Å². The van der Waals surface area contributed by atoms with Crippen LogP contribution in [0.25, 0.3) is 0 Å². The molecule has 0 aliphatic heterocycles. The summed E-state index contributed by atoms with van der Waals surface area (Å²) in [5.74, 6) is 0. The monoisotopic (exact) mass is 300 g/mol. The van der Waals surface area contributed by atoms with E-state index in [1.807, 2.05) is 22.6 Å². The van der Waals surface area contributed by atoms with Gasteiger partial charge in [0.2, 0.25) is 0 Å². The molecule has 6 heteroatoms. The van der Waals surface area contributed by atoms with Crippen molar-refractivity contribution in [1.82, 2.24) is 9.55 Å². The highest BCUT2D eigenvalue weighted by Gasteiger charge is 2.05. The zero-order chi connectivity index (χ0) is 9.14. The van der Waals surface area contributed by atoms with Gasteiger partial charge in [0.1, 0.15) is 8.72 Å². The summed E-state index contributed by atoms with van der Waals surface area (Å²) in [6, 6.07) is 0. The van der Waals surface area contributed by atoms with Crippen LogP contribution in [0.15, 0.2) is 11.1 Å². The van der Waals surface area contributed by atoms with E-state index in [2.05, 4.69) is 4.98 Å². The van der Waals surface area contributed by atoms with Gasteiger partial charge in [-0.15, -0.1) is 0 Å². The zero-order valence-corrected chi connectivity index (χ0v) is 8.91. The number of aromatic nitrogens is 2. The highest BCUT2D eigenvalue weighted by molar-refractivity contribution is 14.1. The fourth-order valence-corrected chi connectivity index (χ4v) is 1.28. The molecule has 1 heterocycles. The van der Waals surface area contributed by atoms with Gasteiger partial charge in [-0.3, -0.25) is 9.36 Å². The van der Waals surface area contributed by atoms with Gasteiger partial charge in [-0.1, -0.05) is 11.6 Å². The third-order valence-corrected chi connectivity index (χ3v) is 2.86. The summed E-state index contributed by atoms with van der Waals surface area (Å²) in [6.07, 6.45) is 1.32. The second-order valence-electron chi connectivity index (χ2n) is 2.07.